The lowest BCUT2D eigenvalue weighted by molar-refractivity contribution is -0.143. The van der Waals surface area contributed by atoms with Crippen LogP contribution >= 0.6 is 0 Å². The van der Waals surface area contributed by atoms with Crippen molar-refractivity contribution in [1.82, 2.24) is 10.2 Å². The standard InChI is InChI=1S/C20H36N2O4/c1-3-14-22(15-4-2)19(24)13-9-12-18(23)21-17-11-8-6-5-7-10-16(17)20(25)26/h16-17H,3-15H2,1-2H3,(H,21,23)(H,25,26). The molecule has 1 saturated carbocycles. The van der Waals surface area contributed by atoms with Crippen LogP contribution in [0.25, 0.3) is 0 Å². The number of carbonyl (C=O) groups excluding carboxylic acids is 2. The number of amides is 2. The Labute approximate surface area is 157 Å². The van der Waals surface area contributed by atoms with E-state index in [0.717, 1.165) is 58.0 Å². The topological polar surface area (TPSA) is 86.7 Å². The lowest BCUT2D eigenvalue weighted by Gasteiger charge is -2.27. The van der Waals surface area contributed by atoms with Gasteiger partial charge in [-0.1, -0.05) is 39.5 Å². The Kier molecular flexibility index (Phi) is 11.0. The normalized spacial score (nSPS) is 20.7. The molecule has 2 atom stereocenters. The van der Waals surface area contributed by atoms with Crippen molar-refractivity contribution in [2.24, 2.45) is 5.92 Å². The number of carboxylic acid groups (broad SMARTS) is 1. The summed E-state index contributed by atoms with van der Waals surface area (Å²) in [6.07, 6.45) is 8.41. The van der Waals surface area contributed by atoms with Crippen LogP contribution in [0, 0.1) is 5.92 Å². The number of hydrogen-bond donors (Lipinski definition) is 2. The molecule has 0 radical (unpaired) electrons. The van der Waals surface area contributed by atoms with E-state index in [1.54, 1.807) is 0 Å². The highest BCUT2D eigenvalue weighted by Gasteiger charge is 2.29. The molecular weight excluding hydrogens is 332 g/mol. The van der Waals surface area contributed by atoms with Crippen LogP contribution in [0.3, 0.4) is 0 Å². The Balaban J connectivity index is 2.43. The van der Waals surface area contributed by atoms with E-state index in [1.807, 2.05) is 4.90 Å². The Bertz CT molecular complexity index is 447. The minimum atomic E-state index is -0.817. The molecule has 0 heterocycles. The molecule has 1 rings (SSSR count). The zero-order valence-corrected chi connectivity index (χ0v) is 16.5. The van der Waals surface area contributed by atoms with Crippen LogP contribution in [0.1, 0.15) is 84.5 Å². The number of carboxylic acids is 1. The molecule has 2 amide bonds. The van der Waals surface area contributed by atoms with Gasteiger partial charge >= 0.3 is 5.97 Å². The van der Waals surface area contributed by atoms with E-state index in [1.165, 1.54) is 0 Å². The fourth-order valence-electron chi connectivity index (χ4n) is 3.69. The third-order valence-corrected chi connectivity index (χ3v) is 5.06. The van der Waals surface area contributed by atoms with Gasteiger partial charge in [-0.25, -0.2) is 0 Å². The molecule has 0 spiro atoms. The second-order valence-corrected chi connectivity index (χ2v) is 7.34. The summed E-state index contributed by atoms with van der Waals surface area (Å²) < 4.78 is 0. The van der Waals surface area contributed by atoms with Gasteiger partial charge < -0.3 is 15.3 Å². The predicted octanol–water partition coefficient (Wildman–Crippen LogP) is 3.35. The average molecular weight is 369 g/mol. The molecule has 1 aliphatic carbocycles. The van der Waals surface area contributed by atoms with Crippen molar-refractivity contribution in [3.8, 4) is 0 Å². The molecule has 6 nitrogen and oxygen atoms in total. The van der Waals surface area contributed by atoms with Gasteiger partial charge in [-0.2, -0.15) is 0 Å². The fraction of sp³-hybridized carbons (Fsp3) is 0.850. The van der Waals surface area contributed by atoms with Gasteiger partial charge in [0, 0.05) is 32.0 Å². The van der Waals surface area contributed by atoms with Gasteiger partial charge in [-0.15, -0.1) is 0 Å². The van der Waals surface area contributed by atoms with Crippen molar-refractivity contribution in [1.29, 1.82) is 0 Å². The molecule has 0 aliphatic heterocycles. The van der Waals surface area contributed by atoms with E-state index in [2.05, 4.69) is 19.2 Å². The second-order valence-electron chi connectivity index (χ2n) is 7.34. The highest BCUT2D eigenvalue weighted by atomic mass is 16.4. The third-order valence-electron chi connectivity index (χ3n) is 5.06. The molecule has 150 valence electrons. The summed E-state index contributed by atoms with van der Waals surface area (Å²) in [5.74, 6) is -1.34. The monoisotopic (exact) mass is 368 g/mol. The number of nitrogens with zero attached hydrogens (tertiary/aromatic N) is 1. The van der Waals surface area contributed by atoms with Crippen molar-refractivity contribution in [3.63, 3.8) is 0 Å². The van der Waals surface area contributed by atoms with Gasteiger partial charge in [0.05, 0.1) is 5.92 Å². The third kappa shape index (κ3) is 8.19. The molecule has 0 saturated heterocycles. The van der Waals surface area contributed by atoms with Crippen LogP contribution in [0.15, 0.2) is 0 Å². The zero-order chi connectivity index (χ0) is 19.4. The lowest BCUT2D eigenvalue weighted by atomic mass is 9.86. The van der Waals surface area contributed by atoms with Crippen molar-refractivity contribution in [2.45, 2.75) is 90.5 Å². The van der Waals surface area contributed by atoms with Crippen LogP contribution in [0.5, 0.6) is 0 Å². The Morgan fingerprint density at radius 1 is 0.962 bits per heavy atom. The number of hydrogen-bond acceptors (Lipinski definition) is 3. The minimum absolute atomic E-state index is 0.107. The number of rotatable bonds is 10. The molecule has 1 fully saturated rings. The van der Waals surface area contributed by atoms with Crippen LogP contribution in [-0.2, 0) is 14.4 Å². The van der Waals surface area contributed by atoms with Crippen molar-refractivity contribution in [2.75, 3.05) is 13.1 Å². The summed E-state index contributed by atoms with van der Waals surface area (Å²) in [4.78, 5) is 37.9. The van der Waals surface area contributed by atoms with Crippen molar-refractivity contribution in [3.05, 3.63) is 0 Å². The number of aliphatic carboxylic acids is 1. The van der Waals surface area contributed by atoms with Crippen molar-refractivity contribution >= 4 is 17.8 Å². The second kappa shape index (κ2) is 12.7. The maximum absolute atomic E-state index is 12.3. The van der Waals surface area contributed by atoms with Crippen LogP contribution in [-0.4, -0.2) is 46.9 Å². The lowest BCUT2D eigenvalue weighted by Crippen LogP contribution is -2.44. The predicted molar refractivity (Wildman–Crippen MR) is 102 cm³/mol. The zero-order valence-electron chi connectivity index (χ0n) is 16.5. The smallest absolute Gasteiger partial charge is 0.308 e. The molecule has 0 aromatic rings. The average Bonchev–Trinajstić information content (AvgIpc) is 2.56. The Hall–Kier alpha value is -1.59. The molecule has 0 aromatic heterocycles. The largest absolute Gasteiger partial charge is 0.481 e. The van der Waals surface area contributed by atoms with Crippen molar-refractivity contribution < 1.29 is 19.5 Å². The molecule has 0 aromatic carbocycles. The quantitative estimate of drug-likeness (QED) is 0.619. The van der Waals surface area contributed by atoms with Crippen LogP contribution in [0.2, 0.25) is 0 Å². The van der Waals surface area contributed by atoms with E-state index < -0.39 is 11.9 Å². The van der Waals surface area contributed by atoms with E-state index in [0.29, 0.717) is 19.3 Å². The van der Waals surface area contributed by atoms with E-state index >= 15 is 0 Å². The summed E-state index contributed by atoms with van der Waals surface area (Å²) in [5.41, 5.74) is 0. The van der Waals surface area contributed by atoms with Crippen LogP contribution < -0.4 is 5.32 Å². The highest BCUT2D eigenvalue weighted by Crippen LogP contribution is 2.23. The van der Waals surface area contributed by atoms with Gasteiger partial charge in [-0.05, 0) is 32.1 Å². The first-order valence-electron chi connectivity index (χ1n) is 10.3. The SMILES string of the molecule is CCCN(CCC)C(=O)CCCC(=O)NC1CCCCCCC1C(=O)O. The first kappa shape index (κ1) is 22.5. The summed E-state index contributed by atoms with van der Waals surface area (Å²) >= 11 is 0. The molecule has 2 N–H and O–H groups in total. The summed E-state index contributed by atoms with van der Waals surface area (Å²) in [5, 5.41) is 12.4. The molecule has 2 unspecified atom stereocenters. The van der Waals surface area contributed by atoms with E-state index in [-0.39, 0.29) is 24.3 Å². The van der Waals surface area contributed by atoms with Gasteiger partial charge in [-0.3, -0.25) is 14.4 Å². The molecule has 0 bridgehead atoms. The maximum Gasteiger partial charge on any atom is 0.308 e. The Morgan fingerprint density at radius 3 is 2.15 bits per heavy atom. The number of carbonyl (C=O) groups is 3. The van der Waals surface area contributed by atoms with Gasteiger partial charge in [0.1, 0.15) is 0 Å². The number of nitrogens with one attached hydrogen (secondary N) is 1. The van der Waals surface area contributed by atoms with E-state index in [4.69, 9.17) is 0 Å². The molecular formula is C20H36N2O4. The van der Waals surface area contributed by atoms with Gasteiger partial charge in [0.2, 0.25) is 11.8 Å². The first-order chi connectivity index (χ1) is 12.5. The van der Waals surface area contributed by atoms with E-state index in [9.17, 15) is 19.5 Å². The van der Waals surface area contributed by atoms with Gasteiger partial charge in [0.15, 0.2) is 0 Å². The van der Waals surface area contributed by atoms with Gasteiger partial charge in [0.25, 0.3) is 0 Å². The minimum Gasteiger partial charge on any atom is -0.481 e. The summed E-state index contributed by atoms with van der Waals surface area (Å²) in [6, 6.07) is -0.285. The highest BCUT2D eigenvalue weighted by molar-refractivity contribution is 5.80. The molecule has 1 aliphatic rings. The summed E-state index contributed by atoms with van der Waals surface area (Å²) in [7, 11) is 0. The first-order valence-corrected chi connectivity index (χ1v) is 10.3. The van der Waals surface area contributed by atoms with Crippen LogP contribution in [0.4, 0.5) is 0 Å². The summed E-state index contributed by atoms with van der Waals surface area (Å²) in [6.45, 7) is 5.64. The molecule has 6 heteroatoms. The fourth-order valence-corrected chi connectivity index (χ4v) is 3.69. The maximum atomic E-state index is 12.3. The molecule has 26 heavy (non-hydrogen) atoms. The Morgan fingerprint density at radius 2 is 1.58 bits per heavy atom.